The van der Waals surface area contributed by atoms with Crippen LogP contribution in [0.2, 0.25) is 0 Å². The lowest BCUT2D eigenvalue weighted by atomic mass is 10.0. The lowest BCUT2D eigenvalue weighted by Crippen LogP contribution is -2.45. The van der Waals surface area contributed by atoms with E-state index in [1.165, 1.54) is 6.20 Å². The molecule has 3 rings (SSSR count). The lowest BCUT2D eigenvalue weighted by Gasteiger charge is -2.18. The van der Waals surface area contributed by atoms with E-state index in [2.05, 4.69) is 20.6 Å². The highest BCUT2D eigenvalue weighted by Gasteiger charge is 2.22. The molecule has 2 aromatic heterocycles. The molecule has 0 bridgehead atoms. The average Bonchev–Trinajstić information content (AvgIpc) is 2.69. The van der Waals surface area contributed by atoms with Crippen molar-refractivity contribution in [3.63, 3.8) is 0 Å². The molecule has 0 aliphatic heterocycles. The molecule has 0 unspecified atom stereocenters. The molecule has 0 aliphatic carbocycles. The van der Waals surface area contributed by atoms with E-state index in [0.717, 1.165) is 5.56 Å². The summed E-state index contributed by atoms with van der Waals surface area (Å²) in [5.74, 6) is -0.653. The van der Waals surface area contributed by atoms with Crippen molar-refractivity contribution in [1.82, 2.24) is 15.3 Å². The summed E-state index contributed by atoms with van der Waals surface area (Å²) in [6.07, 6.45) is 6.61. The van der Waals surface area contributed by atoms with E-state index in [9.17, 15) is 9.59 Å². The first-order chi connectivity index (χ1) is 12.7. The van der Waals surface area contributed by atoms with Crippen LogP contribution in [0.5, 0.6) is 0 Å². The lowest BCUT2D eigenvalue weighted by molar-refractivity contribution is -0.118. The highest BCUT2D eigenvalue weighted by atomic mass is 16.2. The molecule has 0 radical (unpaired) electrons. The van der Waals surface area contributed by atoms with Gasteiger partial charge < -0.3 is 10.6 Å². The van der Waals surface area contributed by atoms with Crippen molar-refractivity contribution in [1.29, 1.82) is 0 Å². The Morgan fingerprint density at radius 1 is 0.885 bits per heavy atom. The number of carbonyl (C=O) groups is 2. The molecule has 6 heteroatoms. The summed E-state index contributed by atoms with van der Waals surface area (Å²) < 4.78 is 0. The van der Waals surface area contributed by atoms with Gasteiger partial charge in [-0.05, 0) is 29.8 Å². The third-order valence-corrected chi connectivity index (χ3v) is 3.76. The van der Waals surface area contributed by atoms with Crippen molar-refractivity contribution >= 4 is 17.5 Å². The minimum Gasteiger partial charge on any atom is -0.340 e. The average molecular weight is 346 g/mol. The van der Waals surface area contributed by atoms with Crippen LogP contribution in [0, 0.1) is 0 Å². The standard InChI is InChI=1S/C20H18N4O2/c25-19(16-8-4-10-21-13-16)24-18(12-15-6-2-1-3-7-15)20(26)23-17-9-5-11-22-14-17/h1-11,13-14,18H,12H2,(H,23,26)(H,24,25)/t18-/m0/s1. The molecule has 2 amide bonds. The van der Waals surface area contributed by atoms with Crippen LogP contribution in [0.3, 0.4) is 0 Å². The molecule has 0 saturated carbocycles. The number of anilines is 1. The number of hydrogen-bond acceptors (Lipinski definition) is 4. The Bertz CT molecular complexity index is 855. The number of hydrogen-bond donors (Lipinski definition) is 2. The van der Waals surface area contributed by atoms with Crippen molar-refractivity contribution in [2.75, 3.05) is 5.32 Å². The number of nitrogens with zero attached hydrogens (tertiary/aromatic N) is 2. The van der Waals surface area contributed by atoms with Crippen molar-refractivity contribution < 1.29 is 9.59 Å². The van der Waals surface area contributed by atoms with Crippen LogP contribution in [0.4, 0.5) is 5.69 Å². The minimum atomic E-state index is -0.731. The second-order valence-electron chi connectivity index (χ2n) is 5.69. The highest BCUT2D eigenvalue weighted by Crippen LogP contribution is 2.09. The van der Waals surface area contributed by atoms with Crippen molar-refractivity contribution in [2.24, 2.45) is 0 Å². The Morgan fingerprint density at radius 2 is 1.62 bits per heavy atom. The summed E-state index contributed by atoms with van der Waals surface area (Å²) in [6, 6.07) is 15.6. The van der Waals surface area contributed by atoms with E-state index < -0.39 is 6.04 Å². The van der Waals surface area contributed by atoms with Gasteiger partial charge in [0, 0.05) is 25.0 Å². The van der Waals surface area contributed by atoms with Gasteiger partial charge in [-0.1, -0.05) is 30.3 Å². The normalized spacial score (nSPS) is 11.4. The molecule has 3 aromatic rings. The first kappa shape index (κ1) is 17.3. The number of pyridine rings is 2. The zero-order valence-corrected chi connectivity index (χ0v) is 14.0. The zero-order chi connectivity index (χ0) is 18.2. The summed E-state index contributed by atoms with van der Waals surface area (Å²) >= 11 is 0. The van der Waals surface area contributed by atoms with Crippen LogP contribution in [0.15, 0.2) is 79.4 Å². The maximum atomic E-state index is 12.7. The van der Waals surface area contributed by atoms with Crippen LogP contribution >= 0.6 is 0 Å². The molecule has 0 saturated heterocycles. The number of rotatable bonds is 6. The Balaban J connectivity index is 1.76. The smallest absolute Gasteiger partial charge is 0.253 e. The van der Waals surface area contributed by atoms with Crippen LogP contribution in [-0.4, -0.2) is 27.8 Å². The molecule has 0 aliphatic rings. The molecular formula is C20H18N4O2. The first-order valence-corrected chi connectivity index (χ1v) is 8.18. The van der Waals surface area contributed by atoms with Gasteiger partial charge in [-0.25, -0.2) is 0 Å². The number of aromatic nitrogens is 2. The monoisotopic (exact) mass is 346 g/mol. The van der Waals surface area contributed by atoms with Gasteiger partial charge in [-0.15, -0.1) is 0 Å². The largest absolute Gasteiger partial charge is 0.340 e. The van der Waals surface area contributed by atoms with Crippen LogP contribution < -0.4 is 10.6 Å². The minimum absolute atomic E-state index is 0.306. The van der Waals surface area contributed by atoms with Gasteiger partial charge >= 0.3 is 0 Å². The van der Waals surface area contributed by atoms with E-state index in [1.54, 1.807) is 42.9 Å². The molecule has 130 valence electrons. The van der Waals surface area contributed by atoms with Crippen LogP contribution in [-0.2, 0) is 11.2 Å². The van der Waals surface area contributed by atoms with Crippen LogP contribution in [0.1, 0.15) is 15.9 Å². The van der Waals surface area contributed by atoms with Gasteiger partial charge in [-0.2, -0.15) is 0 Å². The summed E-state index contributed by atoms with van der Waals surface area (Å²) in [5, 5.41) is 5.58. The van der Waals surface area contributed by atoms with E-state index in [-0.39, 0.29) is 11.8 Å². The molecule has 6 nitrogen and oxygen atoms in total. The van der Waals surface area contributed by atoms with Crippen LogP contribution in [0.25, 0.3) is 0 Å². The Kier molecular flexibility index (Phi) is 5.67. The maximum Gasteiger partial charge on any atom is 0.253 e. The third kappa shape index (κ3) is 4.73. The van der Waals surface area contributed by atoms with Crippen molar-refractivity contribution in [2.45, 2.75) is 12.5 Å². The van der Waals surface area contributed by atoms with E-state index in [1.807, 2.05) is 30.3 Å². The Morgan fingerprint density at radius 3 is 2.27 bits per heavy atom. The fourth-order valence-corrected chi connectivity index (χ4v) is 2.46. The van der Waals surface area contributed by atoms with E-state index in [0.29, 0.717) is 17.7 Å². The fourth-order valence-electron chi connectivity index (χ4n) is 2.46. The van der Waals surface area contributed by atoms with Gasteiger partial charge in [-0.3, -0.25) is 19.6 Å². The predicted octanol–water partition coefficient (Wildman–Crippen LogP) is 2.46. The molecular weight excluding hydrogens is 328 g/mol. The van der Waals surface area contributed by atoms with E-state index in [4.69, 9.17) is 0 Å². The first-order valence-electron chi connectivity index (χ1n) is 8.18. The molecule has 2 N–H and O–H groups in total. The summed E-state index contributed by atoms with van der Waals surface area (Å²) in [7, 11) is 0. The molecule has 0 fully saturated rings. The molecule has 1 atom stereocenters. The fraction of sp³-hybridized carbons (Fsp3) is 0.100. The maximum absolute atomic E-state index is 12.7. The highest BCUT2D eigenvalue weighted by molar-refractivity contribution is 6.01. The van der Waals surface area contributed by atoms with Gasteiger partial charge in [0.15, 0.2) is 0 Å². The van der Waals surface area contributed by atoms with Gasteiger partial charge in [0.05, 0.1) is 17.4 Å². The molecule has 26 heavy (non-hydrogen) atoms. The SMILES string of the molecule is O=C(N[C@@H](Cc1ccccc1)C(=O)Nc1cccnc1)c1cccnc1. The quantitative estimate of drug-likeness (QED) is 0.718. The Hall–Kier alpha value is -3.54. The second kappa shape index (κ2) is 8.53. The van der Waals surface area contributed by atoms with Crippen molar-refractivity contribution in [3.8, 4) is 0 Å². The van der Waals surface area contributed by atoms with Crippen molar-refractivity contribution in [3.05, 3.63) is 90.5 Å². The summed E-state index contributed by atoms with van der Waals surface area (Å²) in [4.78, 5) is 33.1. The van der Waals surface area contributed by atoms with Gasteiger partial charge in [0.2, 0.25) is 5.91 Å². The number of amides is 2. The third-order valence-electron chi connectivity index (χ3n) is 3.76. The Labute approximate surface area is 151 Å². The summed E-state index contributed by atoms with van der Waals surface area (Å²) in [5.41, 5.74) is 1.93. The number of benzene rings is 1. The molecule has 1 aromatic carbocycles. The molecule has 0 spiro atoms. The number of carbonyl (C=O) groups excluding carboxylic acids is 2. The number of nitrogens with one attached hydrogen (secondary N) is 2. The topological polar surface area (TPSA) is 84.0 Å². The predicted molar refractivity (Wildman–Crippen MR) is 98.5 cm³/mol. The zero-order valence-electron chi connectivity index (χ0n) is 14.0. The van der Waals surface area contributed by atoms with Gasteiger partial charge in [0.25, 0.3) is 5.91 Å². The van der Waals surface area contributed by atoms with E-state index >= 15 is 0 Å². The second-order valence-corrected chi connectivity index (χ2v) is 5.69. The van der Waals surface area contributed by atoms with Gasteiger partial charge in [0.1, 0.15) is 6.04 Å². The summed E-state index contributed by atoms with van der Waals surface area (Å²) in [6.45, 7) is 0. The molecule has 2 heterocycles.